The minimum atomic E-state index is -0.111. The summed E-state index contributed by atoms with van der Waals surface area (Å²) in [6.07, 6.45) is 6.09. The van der Waals surface area contributed by atoms with Crippen molar-refractivity contribution < 1.29 is 9.53 Å². The summed E-state index contributed by atoms with van der Waals surface area (Å²) in [5, 5.41) is 3.23. The molecule has 1 saturated heterocycles. The SMILES string of the molecule is CCCCOC(=O)CNCC1CCN(C2CC2)C1. The van der Waals surface area contributed by atoms with Crippen LogP contribution in [-0.2, 0) is 9.53 Å². The molecule has 1 heterocycles. The van der Waals surface area contributed by atoms with E-state index in [-0.39, 0.29) is 5.97 Å². The van der Waals surface area contributed by atoms with Crippen molar-refractivity contribution in [2.45, 2.75) is 45.1 Å². The fourth-order valence-electron chi connectivity index (χ4n) is 2.56. The Bertz CT molecular complexity index is 267. The summed E-state index contributed by atoms with van der Waals surface area (Å²) in [4.78, 5) is 14.0. The Balaban J connectivity index is 1.49. The minimum absolute atomic E-state index is 0.111. The summed E-state index contributed by atoms with van der Waals surface area (Å²) >= 11 is 0. The van der Waals surface area contributed by atoms with E-state index in [4.69, 9.17) is 4.74 Å². The molecule has 4 heteroatoms. The van der Waals surface area contributed by atoms with E-state index in [1.807, 2.05) is 0 Å². The van der Waals surface area contributed by atoms with Crippen molar-refractivity contribution in [3.05, 3.63) is 0 Å². The number of rotatable bonds is 8. The number of hydrogen-bond acceptors (Lipinski definition) is 4. The van der Waals surface area contributed by atoms with Crippen LogP contribution in [0.3, 0.4) is 0 Å². The average Bonchev–Trinajstić information content (AvgIpc) is 3.10. The molecule has 18 heavy (non-hydrogen) atoms. The van der Waals surface area contributed by atoms with Crippen LogP contribution < -0.4 is 5.32 Å². The first-order chi connectivity index (χ1) is 8.79. The van der Waals surface area contributed by atoms with Crippen LogP contribution in [0, 0.1) is 5.92 Å². The second-order valence-electron chi connectivity index (χ2n) is 5.59. The molecule has 0 radical (unpaired) electrons. The lowest BCUT2D eigenvalue weighted by Crippen LogP contribution is -2.31. The van der Waals surface area contributed by atoms with E-state index < -0.39 is 0 Å². The third kappa shape index (κ3) is 4.58. The molecule has 1 unspecified atom stereocenters. The van der Waals surface area contributed by atoms with Crippen molar-refractivity contribution in [3.63, 3.8) is 0 Å². The molecule has 1 atom stereocenters. The number of likely N-dealkylation sites (tertiary alicyclic amines) is 1. The molecule has 0 aromatic carbocycles. The third-order valence-electron chi connectivity index (χ3n) is 3.84. The number of nitrogens with one attached hydrogen (secondary N) is 1. The number of nitrogens with zero attached hydrogens (tertiary/aromatic N) is 1. The summed E-state index contributed by atoms with van der Waals surface area (Å²) in [6, 6.07) is 0.883. The number of carbonyl (C=O) groups is 1. The van der Waals surface area contributed by atoms with Crippen LogP contribution in [-0.4, -0.2) is 49.7 Å². The summed E-state index contributed by atoms with van der Waals surface area (Å²) < 4.78 is 5.10. The zero-order valence-electron chi connectivity index (χ0n) is 11.5. The van der Waals surface area contributed by atoms with E-state index in [2.05, 4.69) is 17.1 Å². The molecule has 0 aromatic heterocycles. The number of ether oxygens (including phenoxy) is 1. The highest BCUT2D eigenvalue weighted by Gasteiger charge is 2.33. The zero-order valence-corrected chi connectivity index (χ0v) is 11.5. The molecule has 1 aliphatic heterocycles. The van der Waals surface area contributed by atoms with Gasteiger partial charge in [-0.25, -0.2) is 0 Å². The first-order valence-corrected chi connectivity index (χ1v) is 7.40. The zero-order chi connectivity index (χ0) is 12.8. The van der Waals surface area contributed by atoms with Gasteiger partial charge in [-0.05, 0) is 44.7 Å². The van der Waals surface area contributed by atoms with Crippen molar-refractivity contribution in [2.75, 3.05) is 32.8 Å². The first kappa shape index (κ1) is 13.8. The van der Waals surface area contributed by atoms with Crippen molar-refractivity contribution >= 4 is 5.97 Å². The van der Waals surface area contributed by atoms with Crippen LogP contribution in [0.25, 0.3) is 0 Å². The van der Waals surface area contributed by atoms with Gasteiger partial charge >= 0.3 is 5.97 Å². The van der Waals surface area contributed by atoms with Gasteiger partial charge in [-0.1, -0.05) is 13.3 Å². The van der Waals surface area contributed by atoms with Crippen molar-refractivity contribution in [1.82, 2.24) is 10.2 Å². The van der Waals surface area contributed by atoms with E-state index in [1.165, 1.54) is 32.4 Å². The standard InChI is InChI=1S/C14H26N2O2/c1-2-3-8-18-14(17)10-15-9-12-6-7-16(11-12)13-4-5-13/h12-13,15H,2-11H2,1H3. The topological polar surface area (TPSA) is 41.6 Å². The summed E-state index contributed by atoms with van der Waals surface area (Å²) in [5.41, 5.74) is 0. The van der Waals surface area contributed by atoms with Gasteiger partial charge in [0.2, 0.25) is 0 Å². The molecule has 0 amide bonds. The minimum Gasteiger partial charge on any atom is -0.465 e. The molecule has 1 N–H and O–H groups in total. The van der Waals surface area contributed by atoms with E-state index in [0.29, 0.717) is 19.1 Å². The lowest BCUT2D eigenvalue weighted by molar-refractivity contribution is -0.142. The lowest BCUT2D eigenvalue weighted by atomic mass is 10.1. The van der Waals surface area contributed by atoms with Crippen molar-refractivity contribution in [3.8, 4) is 0 Å². The Labute approximate surface area is 110 Å². The van der Waals surface area contributed by atoms with Crippen LogP contribution >= 0.6 is 0 Å². The molecule has 2 aliphatic rings. The van der Waals surface area contributed by atoms with E-state index >= 15 is 0 Å². The van der Waals surface area contributed by atoms with E-state index in [1.54, 1.807) is 0 Å². The molecule has 2 fully saturated rings. The predicted molar refractivity (Wildman–Crippen MR) is 71.4 cm³/mol. The highest BCUT2D eigenvalue weighted by Crippen LogP contribution is 2.31. The highest BCUT2D eigenvalue weighted by molar-refractivity contribution is 5.71. The number of hydrogen-bond donors (Lipinski definition) is 1. The Hall–Kier alpha value is -0.610. The van der Waals surface area contributed by atoms with Crippen LogP contribution in [0.5, 0.6) is 0 Å². The van der Waals surface area contributed by atoms with Crippen LogP contribution in [0.1, 0.15) is 39.0 Å². The van der Waals surface area contributed by atoms with Gasteiger partial charge in [-0.2, -0.15) is 0 Å². The molecular weight excluding hydrogens is 228 g/mol. The largest absolute Gasteiger partial charge is 0.465 e. The normalized spacial score (nSPS) is 24.4. The fourth-order valence-corrected chi connectivity index (χ4v) is 2.56. The number of esters is 1. The van der Waals surface area contributed by atoms with Gasteiger partial charge in [0, 0.05) is 12.6 Å². The summed E-state index contributed by atoms with van der Waals surface area (Å²) in [6.45, 7) is 6.43. The molecule has 0 bridgehead atoms. The van der Waals surface area contributed by atoms with Gasteiger partial charge in [0.1, 0.15) is 0 Å². The van der Waals surface area contributed by atoms with Gasteiger partial charge < -0.3 is 15.0 Å². The molecule has 1 aliphatic carbocycles. The fraction of sp³-hybridized carbons (Fsp3) is 0.929. The molecule has 0 aromatic rings. The molecule has 0 spiro atoms. The Morgan fingerprint density at radius 2 is 2.22 bits per heavy atom. The molecule has 104 valence electrons. The first-order valence-electron chi connectivity index (χ1n) is 7.40. The smallest absolute Gasteiger partial charge is 0.319 e. The number of unbranched alkanes of at least 4 members (excludes halogenated alkanes) is 1. The molecule has 2 rings (SSSR count). The number of carbonyl (C=O) groups excluding carboxylic acids is 1. The maximum absolute atomic E-state index is 11.4. The lowest BCUT2D eigenvalue weighted by Gasteiger charge is -2.15. The second kappa shape index (κ2) is 7.10. The van der Waals surface area contributed by atoms with E-state index in [0.717, 1.165) is 25.4 Å². The predicted octanol–water partition coefficient (Wildman–Crippen LogP) is 1.40. The molecular formula is C14H26N2O2. The van der Waals surface area contributed by atoms with Crippen molar-refractivity contribution in [2.24, 2.45) is 5.92 Å². The second-order valence-corrected chi connectivity index (χ2v) is 5.59. The quantitative estimate of drug-likeness (QED) is 0.525. The summed E-state index contributed by atoms with van der Waals surface area (Å²) in [7, 11) is 0. The van der Waals surface area contributed by atoms with Gasteiger partial charge in [0.05, 0.1) is 13.2 Å². The Kier molecular flexibility index (Phi) is 5.45. The van der Waals surface area contributed by atoms with Crippen LogP contribution in [0.4, 0.5) is 0 Å². The molecule has 4 nitrogen and oxygen atoms in total. The van der Waals surface area contributed by atoms with Gasteiger partial charge in [0.25, 0.3) is 0 Å². The highest BCUT2D eigenvalue weighted by atomic mass is 16.5. The Morgan fingerprint density at radius 3 is 2.94 bits per heavy atom. The average molecular weight is 254 g/mol. The third-order valence-corrected chi connectivity index (χ3v) is 3.84. The Morgan fingerprint density at radius 1 is 1.39 bits per heavy atom. The van der Waals surface area contributed by atoms with E-state index in [9.17, 15) is 4.79 Å². The van der Waals surface area contributed by atoms with Crippen LogP contribution in [0.2, 0.25) is 0 Å². The maximum Gasteiger partial charge on any atom is 0.319 e. The van der Waals surface area contributed by atoms with Gasteiger partial charge in [0.15, 0.2) is 0 Å². The van der Waals surface area contributed by atoms with Gasteiger partial charge in [-0.15, -0.1) is 0 Å². The molecule has 1 saturated carbocycles. The maximum atomic E-state index is 11.4. The van der Waals surface area contributed by atoms with Crippen LogP contribution in [0.15, 0.2) is 0 Å². The van der Waals surface area contributed by atoms with Gasteiger partial charge in [-0.3, -0.25) is 4.79 Å². The summed E-state index contributed by atoms with van der Waals surface area (Å²) in [5.74, 6) is 0.606. The van der Waals surface area contributed by atoms with Crippen molar-refractivity contribution in [1.29, 1.82) is 0 Å². The monoisotopic (exact) mass is 254 g/mol.